The molecule has 4 heteroatoms. The van der Waals surface area contributed by atoms with Gasteiger partial charge in [-0.05, 0) is 64.8 Å². The number of hydrogen-bond donors (Lipinski definition) is 2. The Labute approximate surface area is 122 Å². The molecule has 0 amide bonds. The second-order valence-corrected chi connectivity index (χ2v) is 5.61. The zero-order valence-electron chi connectivity index (χ0n) is 11.4. The number of aryl methyl sites for hydroxylation is 1. The van der Waals surface area contributed by atoms with Crippen LogP contribution < -0.4 is 16.0 Å². The third-order valence-electron chi connectivity index (χ3n) is 3.02. The van der Waals surface area contributed by atoms with E-state index < -0.39 is 0 Å². The van der Waals surface area contributed by atoms with E-state index >= 15 is 0 Å². The Hall–Kier alpha value is -1.68. The van der Waals surface area contributed by atoms with Crippen LogP contribution in [0.5, 0.6) is 0 Å². The highest BCUT2D eigenvalue weighted by Gasteiger charge is 2.04. The van der Waals surface area contributed by atoms with Gasteiger partial charge in [0.2, 0.25) is 0 Å². The molecule has 100 valence electrons. The lowest BCUT2D eigenvalue weighted by molar-refractivity contribution is 1.13. The van der Waals surface area contributed by atoms with Gasteiger partial charge in [-0.1, -0.05) is 0 Å². The van der Waals surface area contributed by atoms with Gasteiger partial charge in [0.15, 0.2) is 0 Å². The van der Waals surface area contributed by atoms with E-state index in [0.717, 1.165) is 27.1 Å². The zero-order valence-corrected chi connectivity index (χ0v) is 13.0. The number of nitrogens with two attached hydrogens (primary N) is 1. The number of nitrogen functional groups attached to an aromatic ring is 1. The van der Waals surface area contributed by atoms with E-state index in [1.54, 1.807) is 0 Å². The van der Waals surface area contributed by atoms with Crippen LogP contribution in [0.15, 0.2) is 40.9 Å². The topological polar surface area (TPSA) is 41.3 Å². The average Bonchev–Trinajstić information content (AvgIpc) is 2.36. The Morgan fingerprint density at radius 3 is 2.32 bits per heavy atom. The number of anilines is 4. The molecule has 0 saturated carbocycles. The van der Waals surface area contributed by atoms with Gasteiger partial charge in [-0.25, -0.2) is 0 Å². The van der Waals surface area contributed by atoms with Crippen LogP contribution in [0.25, 0.3) is 0 Å². The van der Waals surface area contributed by atoms with Gasteiger partial charge >= 0.3 is 0 Å². The van der Waals surface area contributed by atoms with Crippen LogP contribution in [0, 0.1) is 6.92 Å². The Balaban J connectivity index is 2.24. The van der Waals surface area contributed by atoms with Crippen molar-refractivity contribution in [2.75, 3.05) is 30.0 Å². The molecule has 0 atom stereocenters. The summed E-state index contributed by atoms with van der Waals surface area (Å²) in [5.41, 5.74) is 11.0. The molecule has 0 aliphatic heterocycles. The van der Waals surface area contributed by atoms with Crippen molar-refractivity contribution in [3.8, 4) is 0 Å². The number of halogens is 1. The SMILES string of the molecule is Cc1cc(Nc2ccc(N(C)C)cc2)c(Br)cc1N. The fourth-order valence-corrected chi connectivity index (χ4v) is 2.25. The number of rotatable bonds is 3. The second-order valence-electron chi connectivity index (χ2n) is 4.75. The minimum absolute atomic E-state index is 0.792. The number of nitrogens with one attached hydrogen (secondary N) is 1. The molecule has 0 fully saturated rings. The van der Waals surface area contributed by atoms with Gasteiger partial charge in [0.1, 0.15) is 0 Å². The quantitative estimate of drug-likeness (QED) is 0.835. The van der Waals surface area contributed by atoms with Crippen LogP contribution in [0.1, 0.15) is 5.56 Å². The van der Waals surface area contributed by atoms with Gasteiger partial charge in [-0.2, -0.15) is 0 Å². The monoisotopic (exact) mass is 319 g/mol. The Morgan fingerprint density at radius 2 is 1.74 bits per heavy atom. The summed E-state index contributed by atoms with van der Waals surface area (Å²) in [6, 6.07) is 12.3. The van der Waals surface area contributed by atoms with E-state index in [1.807, 2.05) is 33.2 Å². The highest BCUT2D eigenvalue weighted by Crippen LogP contribution is 2.30. The lowest BCUT2D eigenvalue weighted by atomic mass is 10.1. The molecule has 0 radical (unpaired) electrons. The van der Waals surface area contributed by atoms with E-state index in [9.17, 15) is 0 Å². The molecule has 0 aliphatic carbocycles. The van der Waals surface area contributed by atoms with Gasteiger partial charge in [-0.3, -0.25) is 0 Å². The first-order valence-corrected chi connectivity index (χ1v) is 6.86. The van der Waals surface area contributed by atoms with Gasteiger partial charge in [-0.15, -0.1) is 0 Å². The third kappa shape index (κ3) is 3.20. The van der Waals surface area contributed by atoms with Crippen LogP contribution >= 0.6 is 15.9 Å². The molecule has 2 rings (SSSR count). The molecule has 2 aromatic carbocycles. The van der Waals surface area contributed by atoms with E-state index in [2.05, 4.69) is 50.4 Å². The molecule has 3 N–H and O–H groups in total. The lowest BCUT2D eigenvalue weighted by Gasteiger charge is -2.14. The second kappa shape index (κ2) is 5.53. The van der Waals surface area contributed by atoms with Gasteiger partial charge in [0.05, 0.1) is 5.69 Å². The van der Waals surface area contributed by atoms with Gasteiger partial charge < -0.3 is 16.0 Å². The minimum atomic E-state index is 0.792. The van der Waals surface area contributed by atoms with E-state index in [4.69, 9.17) is 5.73 Å². The van der Waals surface area contributed by atoms with Crippen molar-refractivity contribution < 1.29 is 0 Å². The molecule has 0 saturated heterocycles. The van der Waals surface area contributed by atoms with Crippen molar-refractivity contribution in [1.29, 1.82) is 0 Å². The predicted octanol–water partition coefficient (Wildman–Crippen LogP) is 4.15. The first kappa shape index (κ1) is 13.7. The first-order chi connectivity index (χ1) is 8.97. The summed E-state index contributed by atoms with van der Waals surface area (Å²) in [6.45, 7) is 2.00. The molecular formula is C15H18BrN3. The minimum Gasteiger partial charge on any atom is -0.398 e. The van der Waals surface area contributed by atoms with E-state index in [0.29, 0.717) is 0 Å². The fraction of sp³-hybridized carbons (Fsp3) is 0.200. The smallest absolute Gasteiger partial charge is 0.0532 e. The van der Waals surface area contributed by atoms with Crippen molar-refractivity contribution in [3.63, 3.8) is 0 Å². The van der Waals surface area contributed by atoms with Gasteiger partial charge in [0.25, 0.3) is 0 Å². The maximum atomic E-state index is 5.87. The van der Waals surface area contributed by atoms with Crippen LogP contribution in [0.3, 0.4) is 0 Å². The Morgan fingerprint density at radius 1 is 1.11 bits per heavy atom. The molecule has 0 aromatic heterocycles. The average molecular weight is 320 g/mol. The molecule has 0 heterocycles. The van der Waals surface area contributed by atoms with Crippen molar-refractivity contribution in [3.05, 3.63) is 46.4 Å². The van der Waals surface area contributed by atoms with Crippen LogP contribution in [0.2, 0.25) is 0 Å². The summed E-state index contributed by atoms with van der Waals surface area (Å²) in [5, 5.41) is 3.39. The largest absolute Gasteiger partial charge is 0.398 e. The van der Waals surface area contributed by atoms with Crippen molar-refractivity contribution >= 4 is 38.7 Å². The molecule has 3 nitrogen and oxygen atoms in total. The van der Waals surface area contributed by atoms with Crippen LogP contribution in [0.4, 0.5) is 22.7 Å². The Kier molecular flexibility index (Phi) is 4.00. The van der Waals surface area contributed by atoms with Gasteiger partial charge in [0, 0.05) is 35.6 Å². The normalized spacial score (nSPS) is 10.3. The molecule has 0 unspecified atom stereocenters. The summed E-state index contributed by atoms with van der Waals surface area (Å²) in [4.78, 5) is 2.08. The standard InChI is InChI=1S/C15H18BrN3/c1-10-8-15(13(16)9-14(10)17)18-11-4-6-12(7-5-11)19(2)3/h4-9,18H,17H2,1-3H3. The van der Waals surface area contributed by atoms with Crippen molar-refractivity contribution in [2.45, 2.75) is 6.92 Å². The molecular weight excluding hydrogens is 302 g/mol. The maximum Gasteiger partial charge on any atom is 0.0532 e. The molecule has 0 aliphatic rings. The molecule has 0 spiro atoms. The lowest BCUT2D eigenvalue weighted by Crippen LogP contribution is -2.08. The maximum absolute atomic E-state index is 5.87. The molecule has 19 heavy (non-hydrogen) atoms. The van der Waals surface area contributed by atoms with E-state index in [1.165, 1.54) is 5.69 Å². The Bertz CT molecular complexity index is 577. The molecule has 0 bridgehead atoms. The fourth-order valence-electron chi connectivity index (χ4n) is 1.79. The summed E-state index contributed by atoms with van der Waals surface area (Å²) in [6.07, 6.45) is 0. The highest BCUT2D eigenvalue weighted by molar-refractivity contribution is 9.10. The number of benzene rings is 2. The predicted molar refractivity (Wildman–Crippen MR) is 87.3 cm³/mol. The van der Waals surface area contributed by atoms with Crippen LogP contribution in [-0.2, 0) is 0 Å². The number of nitrogens with zero attached hydrogens (tertiary/aromatic N) is 1. The van der Waals surface area contributed by atoms with E-state index in [-0.39, 0.29) is 0 Å². The number of hydrogen-bond acceptors (Lipinski definition) is 3. The van der Waals surface area contributed by atoms with Crippen LogP contribution in [-0.4, -0.2) is 14.1 Å². The summed E-state index contributed by atoms with van der Waals surface area (Å²) < 4.78 is 0.965. The third-order valence-corrected chi connectivity index (χ3v) is 3.67. The first-order valence-electron chi connectivity index (χ1n) is 6.07. The molecule has 2 aromatic rings. The van der Waals surface area contributed by atoms with Crippen molar-refractivity contribution in [2.24, 2.45) is 0 Å². The zero-order chi connectivity index (χ0) is 14.0. The van der Waals surface area contributed by atoms with Crippen molar-refractivity contribution in [1.82, 2.24) is 0 Å². The summed E-state index contributed by atoms with van der Waals surface area (Å²) in [7, 11) is 4.06. The summed E-state index contributed by atoms with van der Waals surface area (Å²) in [5.74, 6) is 0. The highest BCUT2D eigenvalue weighted by atomic mass is 79.9. The summed E-state index contributed by atoms with van der Waals surface area (Å²) >= 11 is 3.53.